The number of carbonyl (C=O) groups is 2. The van der Waals surface area contributed by atoms with Crippen LogP contribution in [0.4, 0.5) is 0 Å². The van der Waals surface area contributed by atoms with Gasteiger partial charge < -0.3 is 9.47 Å². The molecular weight excluding hydrogens is 360 g/mol. The molecule has 1 aliphatic heterocycles. The molecule has 0 fully saturated rings. The van der Waals surface area contributed by atoms with Crippen molar-refractivity contribution in [2.45, 2.75) is 17.2 Å². The topological polar surface area (TPSA) is 52.6 Å². The van der Waals surface area contributed by atoms with E-state index in [1.807, 2.05) is 42.5 Å². The second kappa shape index (κ2) is 6.16. The highest BCUT2D eigenvalue weighted by Crippen LogP contribution is 2.49. The number of fused-ring (bicyclic) bond motifs is 1. The van der Waals surface area contributed by atoms with Crippen LogP contribution in [-0.4, -0.2) is 22.9 Å². The van der Waals surface area contributed by atoms with Gasteiger partial charge in [-0.3, -0.25) is 0 Å². The van der Waals surface area contributed by atoms with E-state index < -0.39 is 22.2 Å². The molecule has 2 aromatic carbocycles. The van der Waals surface area contributed by atoms with Crippen LogP contribution in [0.1, 0.15) is 24.0 Å². The summed E-state index contributed by atoms with van der Waals surface area (Å²) in [6, 6.07) is 16.6. The first-order valence-electron chi connectivity index (χ1n) is 7.31. The zero-order valence-corrected chi connectivity index (χ0v) is 14.1. The average molecular weight is 375 g/mol. The number of carbonyl (C=O) groups excluding carboxylic acids is 2. The Labute approximate surface area is 142 Å². The highest BCUT2D eigenvalue weighted by molar-refractivity contribution is 9.10. The predicted molar refractivity (Wildman–Crippen MR) is 88.7 cm³/mol. The second-order valence-electron chi connectivity index (χ2n) is 5.20. The summed E-state index contributed by atoms with van der Waals surface area (Å²) in [6.07, 6.45) is 0. The lowest BCUT2D eigenvalue weighted by molar-refractivity contribution is -0.155. The minimum absolute atomic E-state index is 0.183. The standard InChI is InChI=1S/C18H15BrO4/c1-2-22-16(20)18(19)15(12-8-4-3-5-9-12)13-10-6-7-11-14(13)23-17(18)21/h3-11,15H,2H2,1H3/t15-,18+/m1/s1. The zero-order valence-electron chi connectivity index (χ0n) is 12.5. The third-order valence-corrected chi connectivity index (χ3v) is 4.94. The molecule has 118 valence electrons. The monoisotopic (exact) mass is 374 g/mol. The third kappa shape index (κ3) is 2.55. The van der Waals surface area contributed by atoms with E-state index in [4.69, 9.17) is 9.47 Å². The van der Waals surface area contributed by atoms with Crippen molar-refractivity contribution in [3.63, 3.8) is 0 Å². The number of rotatable bonds is 3. The lowest BCUT2D eigenvalue weighted by atomic mass is 9.78. The fourth-order valence-electron chi connectivity index (χ4n) is 2.81. The molecule has 0 amide bonds. The molecule has 0 N–H and O–H groups in total. The van der Waals surface area contributed by atoms with Gasteiger partial charge in [0, 0.05) is 11.5 Å². The van der Waals surface area contributed by atoms with Gasteiger partial charge in [0.1, 0.15) is 5.75 Å². The molecule has 0 saturated heterocycles. The molecule has 0 saturated carbocycles. The molecule has 0 unspecified atom stereocenters. The molecule has 2 atom stereocenters. The highest BCUT2D eigenvalue weighted by Gasteiger charge is 2.57. The Bertz CT molecular complexity index is 744. The molecular formula is C18H15BrO4. The van der Waals surface area contributed by atoms with Crippen LogP contribution in [0.3, 0.4) is 0 Å². The molecule has 1 heterocycles. The van der Waals surface area contributed by atoms with Crippen molar-refractivity contribution in [1.82, 2.24) is 0 Å². The quantitative estimate of drug-likeness (QED) is 0.357. The van der Waals surface area contributed by atoms with Crippen LogP contribution in [0.5, 0.6) is 5.75 Å². The van der Waals surface area contributed by atoms with Crippen molar-refractivity contribution in [1.29, 1.82) is 0 Å². The fourth-order valence-corrected chi connectivity index (χ4v) is 3.52. The number of hydrogen-bond acceptors (Lipinski definition) is 4. The number of benzene rings is 2. The van der Waals surface area contributed by atoms with E-state index in [0.29, 0.717) is 5.75 Å². The van der Waals surface area contributed by atoms with Crippen LogP contribution in [0.15, 0.2) is 54.6 Å². The van der Waals surface area contributed by atoms with Crippen molar-refractivity contribution in [3.8, 4) is 5.75 Å². The summed E-state index contributed by atoms with van der Waals surface area (Å²) in [5.41, 5.74) is 1.60. The van der Waals surface area contributed by atoms with Crippen LogP contribution >= 0.6 is 15.9 Å². The van der Waals surface area contributed by atoms with Gasteiger partial charge in [0.2, 0.25) is 4.32 Å². The average Bonchev–Trinajstić information content (AvgIpc) is 2.57. The Hall–Kier alpha value is -2.14. The van der Waals surface area contributed by atoms with E-state index in [1.165, 1.54) is 0 Å². The molecule has 0 bridgehead atoms. The minimum atomic E-state index is -1.60. The Morgan fingerprint density at radius 1 is 1.17 bits per heavy atom. The van der Waals surface area contributed by atoms with E-state index in [9.17, 15) is 9.59 Å². The van der Waals surface area contributed by atoms with Crippen molar-refractivity contribution in [2.24, 2.45) is 0 Å². The maximum absolute atomic E-state index is 12.6. The summed E-state index contributed by atoms with van der Waals surface area (Å²) in [6.45, 7) is 1.89. The number of halogens is 1. The predicted octanol–water partition coefficient (Wildman–Crippen LogP) is 3.43. The number of hydrogen-bond donors (Lipinski definition) is 0. The highest BCUT2D eigenvalue weighted by atomic mass is 79.9. The molecule has 23 heavy (non-hydrogen) atoms. The Morgan fingerprint density at radius 2 is 1.83 bits per heavy atom. The van der Waals surface area contributed by atoms with Gasteiger partial charge in [-0.2, -0.15) is 0 Å². The maximum Gasteiger partial charge on any atom is 0.340 e. The van der Waals surface area contributed by atoms with Crippen LogP contribution in [0, 0.1) is 0 Å². The largest absolute Gasteiger partial charge is 0.464 e. The minimum Gasteiger partial charge on any atom is -0.464 e. The van der Waals surface area contributed by atoms with Crippen LogP contribution in [-0.2, 0) is 14.3 Å². The molecule has 3 rings (SSSR count). The first-order valence-corrected chi connectivity index (χ1v) is 8.10. The molecule has 2 aromatic rings. The normalized spacial score (nSPS) is 22.9. The summed E-state index contributed by atoms with van der Waals surface area (Å²) < 4.78 is 8.92. The van der Waals surface area contributed by atoms with E-state index in [2.05, 4.69) is 15.9 Å². The summed E-state index contributed by atoms with van der Waals surface area (Å²) >= 11 is 3.35. The van der Waals surface area contributed by atoms with Crippen molar-refractivity contribution in [3.05, 3.63) is 65.7 Å². The van der Waals surface area contributed by atoms with Crippen molar-refractivity contribution < 1.29 is 19.1 Å². The Balaban J connectivity index is 2.22. The van der Waals surface area contributed by atoms with Crippen LogP contribution in [0.25, 0.3) is 0 Å². The zero-order chi connectivity index (χ0) is 16.4. The van der Waals surface area contributed by atoms with E-state index in [0.717, 1.165) is 11.1 Å². The summed E-state index contributed by atoms with van der Waals surface area (Å²) in [4.78, 5) is 25.2. The van der Waals surface area contributed by atoms with Crippen molar-refractivity contribution in [2.75, 3.05) is 6.61 Å². The van der Waals surface area contributed by atoms with Gasteiger partial charge in [0.25, 0.3) is 0 Å². The van der Waals surface area contributed by atoms with Gasteiger partial charge in [-0.05, 0) is 18.6 Å². The van der Waals surface area contributed by atoms with E-state index in [1.54, 1.807) is 19.1 Å². The first-order chi connectivity index (χ1) is 11.1. The summed E-state index contributed by atoms with van der Waals surface area (Å²) in [5, 5.41) is 0. The molecule has 0 aromatic heterocycles. The van der Waals surface area contributed by atoms with Crippen LogP contribution in [0.2, 0.25) is 0 Å². The van der Waals surface area contributed by atoms with Gasteiger partial charge in [-0.15, -0.1) is 0 Å². The molecule has 0 radical (unpaired) electrons. The Kier molecular flexibility index (Phi) is 4.22. The van der Waals surface area contributed by atoms with Gasteiger partial charge in [0.05, 0.1) is 6.61 Å². The number of esters is 2. The summed E-state index contributed by atoms with van der Waals surface area (Å²) in [7, 11) is 0. The van der Waals surface area contributed by atoms with Gasteiger partial charge in [-0.1, -0.05) is 64.5 Å². The van der Waals surface area contributed by atoms with E-state index in [-0.39, 0.29) is 6.61 Å². The molecule has 4 nitrogen and oxygen atoms in total. The lowest BCUT2D eigenvalue weighted by Gasteiger charge is -2.36. The first kappa shape index (κ1) is 15.7. The fraction of sp³-hybridized carbons (Fsp3) is 0.222. The smallest absolute Gasteiger partial charge is 0.340 e. The number of para-hydroxylation sites is 1. The third-order valence-electron chi connectivity index (χ3n) is 3.83. The van der Waals surface area contributed by atoms with Crippen molar-refractivity contribution >= 4 is 27.9 Å². The second-order valence-corrected chi connectivity index (χ2v) is 6.45. The molecule has 0 spiro atoms. The van der Waals surface area contributed by atoms with Gasteiger partial charge in [-0.25, -0.2) is 9.59 Å². The SMILES string of the molecule is CCOC(=O)[C@]1(Br)C(=O)Oc2ccccc2[C@H]1c1ccccc1. The Morgan fingerprint density at radius 3 is 2.52 bits per heavy atom. The molecule has 1 aliphatic rings. The number of alkyl halides is 1. The lowest BCUT2D eigenvalue weighted by Crippen LogP contribution is -2.52. The van der Waals surface area contributed by atoms with Gasteiger partial charge in [0.15, 0.2) is 0 Å². The van der Waals surface area contributed by atoms with E-state index >= 15 is 0 Å². The maximum atomic E-state index is 12.6. The number of ether oxygens (including phenoxy) is 2. The van der Waals surface area contributed by atoms with Gasteiger partial charge >= 0.3 is 11.9 Å². The summed E-state index contributed by atoms with van der Waals surface area (Å²) in [5.74, 6) is -1.37. The molecule has 0 aliphatic carbocycles. The molecule has 5 heteroatoms. The van der Waals surface area contributed by atoms with Crippen LogP contribution < -0.4 is 4.74 Å².